The second kappa shape index (κ2) is 5.10. The van der Waals surface area contributed by atoms with E-state index in [2.05, 4.69) is 35.6 Å². The molecule has 0 spiro atoms. The number of aromatic carboxylic acids is 1. The van der Waals surface area contributed by atoms with Crippen LogP contribution in [0.3, 0.4) is 0 Å². The number of rotatable bonds is 2. The minimum Gasteiger partial charge on any atom is -0.478 e. The summed E-state index contributed by atoms with van der Waals surface area (Å²) in [5, 5.41) is 13.1. The van der Waals surface area contributed by atoms with Crippen molar-refractivity contribution in [1.82, 2.24) is 0 Å². The first-order valence-electron chi connectivity index (χ1n) is 8.91. The van der Waals surface area contributed by atoms with Crippen LogP contribution < -0.4 is 5.32 Å². The van der Waals surface area contributed by atoms with Gasteiger partial charge in [0.1, 0.15) is 0 Å². The van der Waals surface area contributed by atoms with Gasteiger partial charge in [-0.1, -0.05) is 30.3 Å². The SMILES string of the molecule is O=C(O)c1ccc2c(c1)[C@@H]1[C@H]3CC[C@@H](C3)[C@H]1[C@H](c1ccccc1)N2. The summed E-state index contributed by atoms with van der Waals surface area (Å²) >= 11 is 0. The van der Waals surface area contributed by atoms with E-state index in [1.165, 1.54) is 30.4 Å². The second-order valence-corrected chi connectivity index (χ2v) is 7.58. The third kappa shape index (κ3) is 1.94. The Bertz CT molecular complexity index is 801. The molecule has 2 N–H and O–H groups in total. The van der Waals surface area contributed by atoms with Crippen LogP contribution in [-0.2, 0) is 0 Å². The van der Waals surface area contributed by atoms with E-state index in [9.17, 15) is 9.90 Å². The standard InChI is InChI=1S/C21H21NO2/c23-21(24)15-8-9-17-16(11-15)18-13-6-7-14(10-13)19(18)20(22-17)12-4-2-1-3-5-12/h1-5,8-9,11,13-14,18-20,22H,6-7,10H2,(H,23,24)/t13-,14-,18-,19+,20-/m0/s1. The molecule has 122 valence electrons. The molecule has 2 aliphatic carbocycles. The topological polar surface area (TPSA) is 49.3 Å². The zero-order valence-corrected chi connectivity index (χ0v) is 13.5. The lowest BCUT2D eigenvalue weighted by Gasteiger charge is -2.43. The molecule has 0 saturated heterocycles. The number of carboxylic acid groups (broad SMARTS) is 1. The lowest BCUT2D eigenvalue weighted by Crippen LogP contribution is -2.35. The molecule has 0 unspecified atom stereocenters. The largest absolute Gasteiger partial charge is 0.478 e. The van der Waals surface area contributed by atoms with Gasteiger partial charge in [-0.25, -0.2) is 4.79 Å². The first kappa shape index (κ1) is 14.1. The zero-order chi connectivity index (χ0) is 16.3. The highest BCUT2D eigenvalue weighted by atomic mass is 16.4. The van der Waals surface area contributed by atoms with Crippen LogP contribution >= 0.6 is 0 Å². The van der Waals surface area contributed by atoms with Crippen molar-refractivity contribution in [2.24, 2.45) is 17.8 Å². The number of nitrogens with one attached hydrogen (secondary N) is 1. The van der Waals surface area contributed by atoms with Gasteiger partial charge in [-0.2, -0.15) is 0 Å². The number of hydrogen-bond donors (Lipinski definition) is 2. The van der Waals surface area contributed by atoms with Gasteiger partial charge in [0.2, 0.25) is 0 Å². The van der Waals surface area contributed by atoms with Crippen LogP contribution in [0.5, 0.6) is 0 Å². The van der Waals surface area contributed by atoms with Crippen molar-refractivity contribution in [3.63, 3.8) is 0 Å². The summed E-state index contributed by atoms with van der Waals surface area (Å²) in [5.41, 5.74) is 4.13. The summed E-state index contributed by atoms with van der Waals surface area (Å²) in [7, 11) is 0. The molecule has 2 fully saturated rings. The maximum Gasteiger partial charge on any atom is 0.335 e. The number of benzene rings is 2. The summed E-state index contributed by atoms with van der Waals surface area (Å²) in [6.07, 6.45) is 3.92. The van der Waals surface area contributed by atoms with Crippen molar-refractivity contribution in [1.29, 1.82) is 0 Å². The van der Waals surface area contributed by atoms with E-state index >= 15 is 0 Å². The molecule has 24 heavy (non-hydrogen) atoms. The van der Waals surface area contributed by atoms with Crippen molar-refractivity contribution >= 4 is 11.7 Å². The fraction of sp³-hybridized carbons (Fsp3) is 0.381. The van der Waals surface area contributed by atoms with Crippen molar-refractivity contribution in [3.05, 3.63) is 65.2 Å². The van der Waals surface area contributed by atoms with Gasteiger partial charge in [-0.05, 0) is 72.3 Å². The predicted molar refractivity (Wildman–Crippen MR) is 93.3 cm³/mol. The Kier molecular flexibility index (Phi) is 2.99. The molecule has 2 bridgehead atoms. The summed E-state index contributed by atoms with van der Waals surface area (Å²) in [6, 6.07) is 16.7. The number of anilines is 1. The van der Waals surface area contributed by atoms with Crippen molar-refractivity contribution in [2.75, 3.05) is 5.32 Å². The molecule has 2 aromatic rings. The minimum atomic E-state index is -0.831. The van der Waals surface area contributed by atoms with Crippen LogP contribution in [0.4, 0.5) is 5.69 Å². The van der Waals surface area contributed by atoms with Gasteiger partial charge in [0.05, 0.1) is 11.6 Å². The predicted octanol–water partition coefficient (Wildman–Crippen LogP) is 4.68. The second-order valence-electron chi connectivity index (χ2n) is 7.58. The number of carboxylic acids is 1. The molecule has 2 saturated carbocycles. The Balaban J connectivity index is 1.64. The van der Waals surface area contributed by atoms with E-state index in [0.29, 0.717) is 23.4 Å². The third-order valence-corrected chi connectivity index (χ3v) is 6.49. The Morgan fingerprint density at radius 2 is 1.83 bits per heavy atom. The Labute approximate surface area is 141 Å². The van der Waals surface area contributed by atoms with E-state index in [1.807, 2.05) is 12.1 Å². The number of hydrogen-bond acceptors (Lipinski definition) is 2. The lowest BCUT2D eigenvalue weighted by molar-refractivity contribution is 0.0696. The van der Waals surface area contributed by atoms with Crippen molar-refractivity contribution in [3.8, 4) is 0 Å². The zero-order valence-electron chi connectivity index (χ0n) is 13.5. The summed E-state index contributed by atoms with van der Waals surface area (Å²) in [5.74, 6) is 1.74. The van der Waals surface area contributed by atoms with Crippen LogP contribution in [0, 0.1) is 17.8 Å². The normalized spacial score (nSPS) is 32.8. The molecule has 0 amide bonds. The Morgan fingerprint density at radius 3 is 2.62 bits per heavy atom. The number of fused-ring (bicyclic) bond motifs is 7. The van der Waals surface area contributed by atoms with E-state index in [4.69, 9.17) is 0 Å². The maximum atomic E-state index is 11.4. The van der Waals surface area contributed by atoms with Gasteiger partial charge in [-0.3, -0.25) is 0 Å². The highest BCUT2D eigenvalue weighted by molar-refractivity contribution is 5.88. The Hall–Kier alpha value is -2.29. The van der Waals surface area contributed by atoms with Gasteiger partial charge >= 0.3 is 5.97 Å². The quantitative estimate of drug-likeness (QED) is 0.845. The summed E-state index contributed by atoms with van der Waals surface area (Å²) in [6.45, 7) is 0. The van der Waals surface area contributed by atoms with Gasteiger partial charge in [0.25, 0.3) is 0 Å². The molecule has 1 aliphatic heterocycles. The summed E-state index contributed by atoms with van der Waals surface area (Å²) in [4.78, 5) is 11.4. The highest BCUT2D eigenvalue weighted by Crippen LogP contribution is 2.63. The monoisotopic (exact) mass is 319 g/mol. The van der Waals surface area contributed by atoms with Crippen molar-refractivity contribution < 1.29 is 9.90 Å². The summed E-state index contributed by atoms with van der Waals surface area (Å²) < 4.78 is 0. The lowest BCUT2D eigenvalue weighted by atomic mass is 9.68. The average molecular weight is 319 g/mol. The fourth-order valence-electron chi connectivity index (χ4n) is 5.61. The molecule has 2 aromatic carbocycles. The number of carbonyl (C=O) groups is 1. The van der Waals surface area contributed by atoms with Crippen LogP contribution in [0.25, 0.3) is 0 Å². The van der Waals surface area contributed by atoms with Gasteiger partial charge < -0.3 is 10.4 Å². The first-order chi connectivity index (χ1) is 11.7. The molecule has 0 aromatic heterocycles. The maximum absolute atomic E-state index is 11.4. The van der Waals surface area contributed by atoms with Crippen molar-refractivity contribution in [2.45, 2.75) is 31.2 Å². The fourth-order valence-corrected chi connectivity index (χ4v) is 5.61. The van der Waals surface area contributed by atoms with Gasteiger partial charge in [0, 0.05) is 5.69 Å². The van der Waals surface area contributed by atoms with Gasteiger partial charge in [-0.15, -0.1) is 0 Å². The molecule has 5 atom stereocenters. The molecule has 0 radical (unpaired) electrons. The van der Waals surface area contributed by atoms with E-state index in [-0.39, 0.29) is 0 Å². The van der Waals surface area contributed by atoms with Crippen LogP contribution in [0.1, 0.15) is 52.7 Å². The Morgan fingerprint density at radius 1 is 1.04 bits per heavy atom. The van der Waals surface area contributed by atoms with Crippen LogP contribution in [0.15, 0.2) is 48.5 Å². The minimum absolute atomic E-state index is 0.342. The molecule has 3 aliphatic rings. The molecule has 5 rings (SSSR count). The molecule has 3 heteroatoms. The molecule has 1 heterocycles. The molecule has 3 nitrogen and oxygen atoms in total. The van der Waals surface area contributed by atoms with Crippen LogP contribution in [0.2, 0.25) is 0 Å². The van der Waals surface area contributed by atoms with Crippen LogP contribution in [-0.4, -0.2) is 11.1 Å². The molecular weight excluding hydrogens is 298 g/mol. The van der Waals surface area contributed by atoms with Gasteiger partial charge in [0.15, 0.2) is 0 Å². The van der Waals surface area contributed by atoms with E-state index in [0.717, 1.165) is 17.5 Å². The third-order valence-electron chi connectivity index (χ3n) is 6.49. The van der Waals surface area contributed by atoms with E-state index < -0.39 is 5.97 Å². The van der Waals surface area contributed by atoms with E-state index in [1.54, 1.807) is 6.07 Å². The highest BCUT2D eigenvalue weighted by Gasteiger charge is 2.53. The first-order valence-corrected chi connectivity index (χ1v) is 8.91. The molecular formula is C21H21NO2. The smallest absolute Gasteiger partial charge is 0.335 e. The average Bonchev–Trinajstić information content (AvgIpc) is 3.23.